The van der Waals surface area contributed by atoms with Crippen LogP contribution in [0.25, 0.3) is 0 Å². The Morgan fingerprint density at radius 3 is 2.59 bits per heavy atom. The number of benzene rings is 1. The van der Waals surface area contributed by atoms with Crippen LogP contribution in [0.3, 0.4) is 0 Å². The van der Waals surface area contributed by atoms with E-state index in [0.717, 1.165) is 51.3 Å². The van der Waals surface area contributed by atoms with E-state index < -0.39 is 0 Å². The molecule has 0 spiro atoms. The summed E-state index contributed by atoms with van der Waals surface area (Å²) in [6, 6.07) is 10.1. The van der Waals surface area contributed by atoms with Crippen molar-refractivity contribution in [1.82, 2.24) is 15.5 Å². The zero-order valence-corrected chi connectivity index (χ0v) is 13.8. The molecular weight excluding hydrogens is 274 g/mol. The molecule has 4 nitrogen and oxygen atoms in total. The number of hydrogen-bond acceptors (Lipinski definition) is 3. The largest absolute Gasteiger partial charge is 0.354 e. The fourth-order valence-electron chi connectivity index (χ4n) is 3.02. The van der Waals surface area contributed by atoms with Crippen molar-refractivity contribution in [3.05, 3.63) is 35.9 Å². The Morgan fingerprint density at radius 1 is 1.27 bits per heavy atom. The highest BCUT2D eigenvalue weighted by atomic mass is 16.1. The van der Waals surface area contributed by atoms with Crippen LogP contribution in [0, 0.1) is 5.92 Å². The van der Waals surface area contributed by atoms with Crippen molar-refractivity contribution in [2.75, 3.05) is 39.3 Å². The van der Waals surface area contributed by atoms with E-state index in [9.17, 15) is 4.79 Å². The second-order valence-corrected chi connectivity index (χ2v) is 6.16. The van der Waals surface area contributed by atoms with Crippen molar-refractivity contribution in [3.63, 3.8) is 0 Å². The maximum absolute atomic E-state index is 12.6. The number of rotatable bonds is 7. The van der Waals surface area contributed by atoms with Gasteiger partial charge in [0.1, 0.15) is 0 Å². The van der Waals surface area contributed by atoms with Gasteiger partial charge >= 0.3 is 0 Å². The summed E-state index contributed by atoms with van der Waals surface area (Å²) in [7, 11) is 0. The number of nitrogens with zero attached hydrogens (tertiary/aromatic N) is 1. The van der Waals surface area contributed by atoms with Crippen molar-refractivity contribution in [2.45, 2.75) is 26.2 Å². The van der Waals surface area contributed by atoms with Gasteiger partial charge in [-0.2, -0.15) is 0 Å². The SMILES string of the molecule is CCC(C)C(C(=O)NCCN1CCNCC1)c1ccccc1. The molecule has 1 aliphatic rings. The van der Waals surface area contributed by atoms with Crippen LogP contribution < -0.4 is 10.6 Å². The third-order valence-corrected chi connectivity index (χ3v) is 4.59. The minimum absolute atomic E-state index is 0.0470. The molecule has 0 aliphatic carbocycles. The summed E-state index contributed by atoms with van der Waals surface area (Å²) in [5.74, 6) is 0.464. The van der Waals surface area contributed by atoms with Gasteiger partial charge in [-0.15, -0.1) is 0 Å². The van der Waals surface area contributed by atoms with Gasteiger partial charge in [-0.05, 0) is 11.5 Å². The van der Waals surface area contributed by atoms with Gasteiger partial charge in [-0.1, -0.05) is 50.6 Å². The van der Waals surface area contributed by atoms with Crippen LogP contribution in [-0.2, 0) is 4.79 Å². The van der Waals surface area contributed by atoms with Gasteiger partial charge in [0.15, 0.2) is 0 Å². The molecule has 1 fully saturated rings. The Kier molecular flexibility index (Phi) is 6.87. The van der Waals surface area contributed by atoms with E-state index in [1.54, 1.807) is 0 Å². The summed E-state index contributed by atoms with van der Waals surface area (Å²) in [6.07, 6.45) is 1.00. The molecule has 0 radical (unpaired) electrons. The molecule has 2 atom stereocenters. The lowest BCUT2D eigenvalue weighted by molar-refractivity contribution is -0.123. The molecule has 1 aromatic carbocycles. The molecule has 1 heterocycles. The fraction of sp³-hybridized carbons (Fsp3) is 0.611. The summed E-state index contributed by atoms with van der Waals surface area (Å²) >= 11 is 0. The van der Waals surface area contributed by atoms with E-state index in [4.69, 9.17) is 0 Å². The minimum atomic E-state index is -0.0470. The first-order chi connectivity index (χ1) is 10.7. The first-order valence-electron chi connectivity index (χ1n) is 8.48. The van der Waals surface area contributed by atoms with Gasteiger partial charge in [0.2, 0.25) is 5.91 Å². The Labute approximate surface area is 134 Å². The highest BCUT2D eigenvalue weighted by molar-refractivity contribution is 5.83. The molecule has 1 saturated heterocycles. The van der Waals surface area contributed by atoms with Crippen LogP contribution in [0.5, 0.6) is 0 Å². The summed E-state index contributed by atoms with van der Waals surface area (Å²) < 4.78 is 0. The standard InChI is InChI=1S/C18H29N3O/c1-3-15(2)17(16-7-5-4-6-8-16)18(22)20-11-14-21-12-9-19-10-13-21/h4-8,15,17,19H,3,9-14H2,1-2H3,(H,20,22). The highest BCUT2D eigenvalue weighted by Gasteiger charge is 2.25. The van der Waals surface area contributed by atoms with Gasteiger partial charge in [-0.25, -0.2) is 0 Å². The van der Waals surface area contributed by atoms with E-state index in [0.29, 0.717) is 5.92 Å². The van der Waals surface area contributed by atoms with Gasteiger partial charge in [0, 0.05) is 39.3 Å². The monoisotopic (exact) mass is 303 g/mol. The molecule has 1 amide bonds. The van der Waals surface area contributed by atoms with E-state index in [1.165, 1.54) is 0 Å². The number of hydrogen-bond donors (Lipinski definition) is 2. The Bertz CT molecular complexity index is 443. The molecule has 1 aromatic rings. The predicted molar refractivity (Wildman–Crippen MR) is 91.0 cm³/mol. The van der Waals surface area contributed by atoms with Crippen LogP contribution >= 0.6 is 0 Å². The quantitative estimate of drug-likeness (QED) is 0.808. The minimum Gasteiger partial charge on any atom is -0.354 e. The predicted octanol–water partition coefficient (Wildman–Crippen LogP) is 1.84. The number of carbonyl (C=O) groups is 1. The zero-order chi connectivity index (χ0) is 15.8. The van der Waals surface area contributed by atoms with E-state index in [2.05, 4.69) is 41.5 Å². The summed E-state index contributed by atoms with van der Waals surface area (Å²) in [5.41, 5.74) is 1.12. The van der Waals surface area contributed by atoms with Gasteiger partial charge in [-0.3, -0.25) is 9.69 Å². The molecule has 2 unspecified atom stereocenters. The number of piperazine rings is 1. The average molecular weight is 303 g/mol. The lowest BCUT2D eigenvalue weighted by atomic mass is 9.85. The van der Waals surface area contributed by atoms with Crippen molar-refractivity contribution in [2.24, 2.45) is 5.92 Å². The van der Waals surface area contributed by atoms with E-state index in [1.807, 2.05) is 18.2 Å². The second-order valence-electron chi connectivity index (χ2n) is 6.16. The highest BCUT2D eigenvalue weighted by Crippen LogP contribution is 2.26. The fourth-order valence-corrected chi connectivity index (χ4v) is 3.02. The first kappa shape index (κ1) is 17.0. The van der Waals surface area contributed by atoms with Gasteiger partial charge < -0.3 is 10.6 Å². The third kappa shape index (κ3) is 4.82. The maximum atomic E-state index is 12.6. The van der Waals surface area contributed by atoms with Crippen LogP contribution in [0.15, 0.2) is 30.3 Å². The van der Waals surface area contributed by atoms with Crippen molar-refractivity contribution in [3.8, 4) is 0 Å². The normalized spacial score (nSPS) is 18.6. The molecule has 0 saturated carbocycles. The first-order valence-corrected chi connectivity index (χ1v) is 8.48. The van der Waals surface area contributed by atoms with Crippen molar-refractivity contribution >= 4 is 5.91 Å². The molecule has 22 heavy (non-hydrogen) atoms. The Balaban J connectivity index is 1.88. The molecule has 122 valence electrons. The Morgan fingerprint density at radius 2 is 1.95 bits per heavy atom. The smallest absolute Gasteiger partial charge is 0.227 e. The third-order valence-electron chi connectivity index (χ3n) is 4.59. The van der Waals surface area contributed by atoms with Crippen molar-refractivity contribution < 1.29 is 4.79 Å². The topological polar surface area (TPSA) is 44.4 Å². The van der Waals surface area contributed by atoms with E-state index >= 15 is 0 Å². The second kappa shape index (κ2) is 8.91. The lowest BCUT2D eigenvalue weighted by Crippen LogP contribution is -2.46. The molecule has 2 N–H and O–H groups in total. The molecular formula is C18H29N3O. The number of carbonyl (C=O) groups excluding carboxylic acids is 1. The van der Waals surface area contributed by atoms with Crippen LogP contribution in [0.2, 0.25) is 0 Å². The molecule has 0 bridgehead atoms. The van der Waals surface area contributed by atoms with Gasteiger partial charge in [0.25, 0.3) is 0 Å². The number of nitrogens with one attached hydrogen (secondary N) is 2. The summed E-state index contributed by atoms with van der Waals surface area (Å²) in [5, 5.41) is 6.49. The molecule has 0 aromatic heterocycles. The van der Waals surface area contributed by atoms with E-state index in [-0.39, 0.29) is 11.8 Å². The average Bonchev–Trinajstić information content (AvgIpc) is 2.57. The lowest BCUT2D eigenvalue weighted by Gasteiger charge is -2.28. The molecule has 2 rings (SSSR count). The summed E-state index contributed by atoms with van der Waals surface area (Å²) in [6.45, 7) is 10.2. The summed E-state index contributed by atoms with van der Waals surface area (Å²) in [4.78, 5) is 15.0. The molecule has 1 aliphatic heterocycles. The maximum Gasteiger partial charge on any atom is 0.227 e. The van der Waals surface area contributed by atoms with Crippen molar-refractivity contribution in [1.29, 1.82) is 0 Å². The van der Waals surface area contributed by atoms with Gasteiger partial charge in [0.05, 0.1) is 5.92 Å². The number of amides is 1. The van der Waals surface area contributed by atoms with Crippen LogP contribution in [-0.4, -0.2) is 50.1 Å². The Hall–Kier alpha value is -1.39. The zero-order valence-electron chi connectivity index (χ0n) is 13.8. The van der Waals surface area contributed by atoms with Crippen LogP contribution in [0.1, 0.15) is 31.7 Å². The van der Waals surface area contributed by atoms with Crippen LogP contribution in [0.4, 0.5) is 0 Å². The molecule has 4 heteroatoms.